The molecule has 1 aromatic rings. The molecule has 1 aromatic carbocycles. The Balaban J connectivity index is 2.78. The number of aromatic carboxylic acids is 1. The highest BCUT2D eigenvalue weighted by Gasteiger charge is 2.16. The van der Waals surface area contributed by atoms with Gasteiger partial charge in [-0.25, -0.2) is 9.59 Å². The molecule has 1 amide bonds. The van der Waals surface area contributed by atoms with Crippen molar-refractivity contribution < 1.29 is 19.4 Å². The van der Waals surface area contributed by atoms with E-state index in [-0.39, 0.29) is 5.56 Å². The number of ether oxygens (including phenoxy) is 1. The van der Waals surface area contributed by atoms with Gasteiger partial charge in [0.15, 0.2) is 0 Å². The fraction of sp³-hybridized carbons (Fsp3) is 0.385. The Morgan fingerprint density at radius 2 is 1.89 bits per heavy atom. The minimum absolute atomic E-state index is 0.213. The molecule has 5 nitrogen and oxygen atoms in total. The summed E-state index contributed by atoms with van der Waals surface area (Å²) in [7, 11) is 0. The van der Waals surface area contributed by atoms with Crippen LogP contribution in [0.3, 0.4) is 0 Å². The normalized spacial score (nSPS) is 10.9. The Morgan fingerprint density at radius 1 is 1.28 bits per heavy atom. The summed E-state index contributed by atoms with van der Waals surface area (Å²) in [6, 6.07) is 4.57. The summed E-state index contributed by atoms with van der Waals surface area (Å²) < 4.78 is 5.09. The van der Waals surface area contributed by atoms with E-state index in [9.17, 15) is 9.59 Å². The number of hydrogen-bond acceptors (Lipinski definition) is 3. The van der Waals surface area contributed by atoms with Crippen LogP contribution >= 0.6 is 0 Å². The number of carbonyl (C=O) groups excluding carboxylic acids is 1. The van der Waals surface area contributed by atoms with Crippen molar-refractivity contribution in [3.8, 4) is 0 Å². The van der Waals surface area contributed by atoms with Gasteiger partial charge in [-0.05, 0) is 51.5 Å². The van der Waals surface area contributed by atoms with Crippen LogP contribution in [0.4, 0.5) is 10.5 Å². The molecule has 98 valence electrons. The molecule has 2 N–H and O–H groups in total. The van der Waals surface area contributed by atoms with E-state index < -0.39 is 17.7 Å². The fourth-order valence-corrected chi connectivity index (χ4v) is 1.40. The summed E-state index contributed by atoms with van der Waals surface area (Å²) in [5.41, 5.74) is 0.729. The van der Waals surface area contributed by atoms with E-state index in [4.69, 9.17) is 9.84 Å². The standard InChI is InChI=1S/C13H17NO4/c1-8-7-9(5-6-10(8)11(15)16)14-12(17)18-13(2,3)4/h5-7H,1-4H3,(H,14,17)(H,15,16). The van der Waals surface area contributed by atoms with Gasteiger partial charge in [0.25, 0.3) is 0 Å². The molecular formula is C13H17NO4. The van der Waals surface area contributed by atoms with Crippen LogP contribution in [0.15, 0.2) is 18.2 Å². The number of aryl methyl sites for hydroxylation is 1. The lowest BCUT2D eigenvalue weighted by Gasteiger charge is -2.19. The molecule has 0 bridgehead atoms. The van der Waals surface area contributed by atoms with Crippen molar-refractivity contribution in [3.63, 3.8) is 0 Å². The molecule has 0 fully saturated rings. The van der Waals surface area contributed by atoms with Crippen LogP contribution in [0.25, 0.3) is 0 Å². The van der Waals surface area contributed by atoms with E-state index in [2.05, 4.69) is 5.32 Å². The maximum Gasteiger partial charge on any atom is 0.412 e. The van der Waals surface area contributed by atoms with Crippen LogP contribution < -0.4 is 5.32 Å². The minimum Gasteiger partial charge on any atom is -0.478 e. The van der Waals surface area contributed by atoms with Crippen LogP contribution in [0.1, 0.15) is 36.7 Å². The molecule has 0 radical (unpaired) electrons. The van der Waals surface area contributed by atoms with Gasteiger partial charge in [-0.2, -0.15) is 0 Å². The topological polar surface area (TPSA) is 75.6 Å². The number of anilines is 1. The lowest BCUT2D eigenvalue weighted by atomic mass is 10.1. The third-order valence-corrected chi connectivity index (χ3v) is 2.10. The Morgan fingerprint density at radius 3 is 2.33 bits per heavy atom. The van der Waals surface area contributed by atoms with Gasteiger partial charge >= 0.3 is 12.1 Å². The van der Waals surface area contributed by atoms with Gasteiger partial charge in [0.1, 0.15) is 5.60 Å². The summed E-state index contributed by atoms with van der Waals surface area (Å²) >= 11 is 0. The van der Waals surface area contributed by atoms with Gasteiger partial charge in [-0.1, -0.05) is 0 Å². The van der Waals surface area contributed by atoms with Gasteiger partial charge in [0.05, 0.1) is 5.56 Å². The highest BCUT2D eigenvalue weighted by molar-refractivity contribution is 5.91. The second kappa shape index (κ2) is 5.08. The first-order valence-electron chi connectivity index (χ1n) is 5.53. The molecule has 0 unspecified atom stereocenters. The highest BCUT2D eigenvalue weighted by atomic mass is 16.6. The molecule has 5 heteroatoms. The van der Waals surface area contributed by atoms with Crippen LogP contribution in [0.2, 0.25) is 0 Å². The molecular weight excluding hydrogens is 234 g/mol. The molecule has 0 spiro atoms. The van der Waals surface area contributed by atoms with Crippen molar-refractivity contribution in [1.82, 2.24) is 0 Å². The molecule has 0 aliphatic heterocycles. The summed E-state index contributed by atoms with van der Waals surface area (Å²) in [5.74, 6) is -0.990. The maximum atomic E-state index is 11.5. The van der Waals surface area contributed by atoms with E-state index in [1.54, 1.807) is 33.8 Å². The second-order valence-corrected chi connectivity index (χ2v) is 4.96. The van der Waals surface area contributed by atoms with Crippen molar-refractivity contribution in [2.75, 3.05) is 5.32 Å². The number of amides is 1. The molecule has 0 heterocycles. The zero-order valence-corrected chi connectivity index (χ0v) is 10.9. The number of benzene rings is 1. The molecule has 0 saturated heterocycles. The summed E-state index contributed by atoms with van der Waals surface area (Å²) in [5, 5.41) is 11.4. The SMILES string of the molecule is Cc1cc(NC(=O)OC(C)(C)C)ccc1C(=O)O. The predicted molar refractivity (Wildman–Crippen MR) is 68.0 cm³/mol. The van der Waals surface area contributed by atoms with Crippen LogP contribution in [-0.2, 0) is 4.74 Å². The van der Waals surface area contributed by atoms with E-state index in [0.29, 0.717) is 11.3 Å². The fourth-order valence-electron chi connectivity index (χ4n) is 1.40. The van der Waals surface area contributed by atoms with Gasteiger partial charge in [-0.3, -0.25) is 5.32 Å². The summed E-state index contributed by atoms with van der Waals surface area (Å²) in [4.78, 5) is 22.3. The van der Waals surface area contributed by atoms with Crippen molar-refractivity contribution in [1.29, 1.82) is 0 Å². The molecule has 0 aliphatic carbocycles. The van der Waals surface area contributed by atoms with Crippen LogP contribution in [0.5, 0.6) is 0 Å². The van der Waals surface area contributed by atoms with Crippen LogP contribution in [-0.4, -0.2) is 22.8 Å². The number of hydrogen-bond donors (Lipinski definition) is 2. The van der Waals surface area contributed by atoms with Crippen molar-refractivity contribution in [2.24, 2.45) is 0 Å². The third kappa shape index (κ3) is 4.08. The Hall–Kier alpha value is -2.04. The average molecular weight is 251 g/mol. The molecule has 0 saturated carbocycles. The van der Waals surface area contributed by atoms with E-state index >= 15 is 0 Å². The van der Waals surface area contributed by atoms with Gasteiger partial charge in [-0.15, -0.1) is 0 Å². The Bertz CT molecular complexity index is 474. The number of carbonyl (C=O) groups is 2. The summed E-state index contributed by atoms with van der Waals surface area (Å²) in [6.45, 7) is 6.98. The Kier molecular flexibility index (Phi) is 3.96. The summed E-state index contributed by atoms with van der Waals surface area (Å²) in [6.07, 6.45) is -0.565. The smallest absolute Gasteiger partial charge is 0.412 e. The molecule has 1 rings (SSSR count). The van der Waals surface area contributed by atoms with Gasteiger partial charge in [0, 0.05) is 5.69 Å². The zero-order chi connectivity index (χ0) is 13.9. The highest BCUT2D eigenvalue weighted by Crippen LogP contribution is 2.16. The van der Waals surface area contributed by atoms with Crippen molar-refractivity contribution in [3.05, 3.63) is 29.3 Å². The molecule has 0 atom stereocenters. The molecule has 0 aliphatic rings. The number of carboxylic acids is 1. The first kappa shape index (κ1) is 14.0. The second-order valence-electron chi connectivity index (χ2n) is 4.96. The van der Waals surface area contributed by atoms with Crippen molar-refractivity contribution in [2.45, 2.75) is 33.3 Å². The number of carboxylic acid groups (broad SMARTS) is 1. The third-order valence-electron chi connectivity index (χ3n) is 2.10. The zero-order valence-electron chi connectivity index (χ0n) is 10.9. The van der Waals surface area contributed by atoms with Crippen LogP contribution in [0, 0.1) is 6.92 Å². The largest absolute Gasteiger partial charge is 0.478 e. The van der Waals surface area contributed by atoms with Gasteiger partial charge < -0.3 is 9.84 Å². The lowest BCUT2D eigenvalue weighted by Crippen LogP contribution is -2.27. The minimum atomic E-state index is -0.990. The number of nitrogens with one attached hydrogen (secondary N) is 1. The van der Waals surface area contributed by atoms with E-state index in [1.807, 2.05) is 0 Å². The van der Waals surface area contributed by atoms with Gasteiger partial charge in [0.2, 0.25) is 0 Å². The first-order chi connectivity index (χ1) is 8.19. The quantitative estimate of drug-likeness (QED) is 0.847. The predicted octanol–water partition coefficient (Wildman–Crippen LogP) is 3.04. The first-order valence-corrected chi connectivity index (χ1v) is 5.53. The average Bonchev–Trinajstić information content (AvgIpc) is 2.13. The molecule has 18 heavy (non-hydrogen) atoms. The van der Waals surface area contributed by atoms with Crippen molar-refractivity contribution >= 4 is 17.7 Å². The molecule has 0 aromatic heterocycles. The maximum absolute atomic E-state index is 11.5. The lowest BCUT2D eigenvalue weighted by molar-refractivity contribution is 0.0634. The van der Waals surface area contributed by atoms with E-state index in [1.165, 1.54) is 12.1 Å². The number of rotatable bonds is 2. The van der Waals surface area contributed by atoms with E-state index in [0.717, 1.165) is 0 Å². The monoisotopic (exact) mass is 251 g/mol. The Labute approximate surface area is 106 Å².